The maximum Gasteiger partial charge on any atom is 0.233 e. The number of carbonyl (C=O) groups is 1. The number of aromatic nitrogens is 3. The second-order valence-electron chi connectivity index (χ2n) is 8.35. The van der Waals surface area contributed by atoms with Gasteiger partial charge in [0.15, 0.2) is 16.7 Å². The molecule has 1 aromatic heterocycles. The summed E-state index contributed by atoms with van der Waals surface area (Å²) in [6, 6.07) is 13.8. The van der Waals surface area contributed by atoms with Crippen LogP contribution in [0.15, 0.2) is 47.6 Å². The second kappa shape index (κ2) is 9.97. The molecular formula is C25H28N4O4S. The third-order valence-corrected chi connectivity index (χ3v) is 7.09. The molecule has 1 unspecified atom stereocenters. The fourth-order valence-electron chi connectivity index (χ4n) is 4.47. The maximum atomic E-state index is 13.3. The van der Waals surface area contributed by atoms with Crippen LogP contribution >= 0.6 is 11.8 Å². The van der Waals surface area contributed by atoms with E-state index in [0.717, 1.165) is 60.1 Å². The smallest absolute Gasteiger partial charge is 0.233 e. The number of benzene rings is 2. The van der Waals surface area contributed by atoms with Crippen molar-refractivity contribution in [3.05, 3.63) is 53.9 Å². The largest absolute Gasteiger partial charge is 0.497 e. The lowest BCUT2D eigenvalue weighted by Gasteiger charge is -2.25. The van der Waals surface area contributed by atoms with E-state index >= 15 is 0 Å². The fraction of sp³-hybridized carbons (Fsp3) is 0.400. The molecule has 1 fully saturated rings. The van der Waals surface area contributed by atoms with Crippen molar-refractivity contribution in [2.45, 2.75) is 37.4 Å². The molecule has 3 heterocycles. The van der Waals surface area contributed by atoms with Gasteiger partial charge in [-0.1, -0.05) is 17.8 Å². The SMILES string of the molecule is COc1ccc(-n2c(C)nnc2SCC(=O)N2CCCC2c2ccc3c(c2)OCCCO3)cc1. The molecule has 3 aromatic rings. The Kier molecular flexibility index (Phi) is 6.62. The summed E-state index contributed by atoms with van der Waals surface area (Å²) in [5, 5.41) is 9.24. The molecule has 0 N–H and O–H groups in total. The van der Waals surface area contributed by atoms with E-state index in [4.69, 9.17) is 14.2 Å². The van der Waals surface area contributed by atoms with Crippen LogP contribution in [0, 0.1) is 6.92 Å². The lowest BCUT2D eigenvalue weighted by molar-refractivity contribution is -0.129. The zero-order valence-electron chi connectivity index (χ0n) is 19.4. The van der Waals surface area contributed by atoms with E-state index in [1.165, 1.54) is 11.8 Å². The monoisotopic (exact) mass is 480 g/mol. The van der Waals surface area contributed by atoms with Gasteiger partial charge in [-0.25, -0.2) is 0 Å². The second-order valence-corrected chi connectivity index (χ2v) is 9.30. The van der Waals surface area contributed by atoms with Gasteiger partial charge in [0, 0.05) is 18.7 Å². The van der Waals surface area contributed by atoms with Crippen molar-refractivity contribution in [3.8, 4) is 22.9 Å². The number of hydrogen-bond donors (Lipinski definition) is 0. The van der Waals surface area contributed by atoms with Gasteiger partial charge in [0.25, 0.3) is 0 Å². The summed E-state index contributed by atoms with van der Waals surface area (Å²) in [4.78, 5) is 15.2. The first kappa shape index (κ1) is 22.6. The average Bonchev–Trinajstić information content (AvgIpc) is 3.42. The van der Waals surface area contributed by atoms with Gasteiger partial charge in [0.2, 0.25) is 5.91 Å². The minimum atomic E-state index is 0.0476. The molecule has 9 heteroatoms. The van der Waals surface area contributed by atoms with Crippen LogP contribution in [0.4, 0.5) is 0 Å². The molecule has 0 aliphatic carbocycles. The van der Waals surface area contributed by atoms with Crippen molar-refractivity contribution < 1.29 is 19.0 Å². The van der Waals surface area contributed by atoms with Crippen molar-refractivity contribution in [1.29, 1.82) is 0 Å². The summed E-state index contributed by atoms with van der Waals surface area (Å²) < 4.78 is 18.8. The number of thioether (sulfide) groups is 1. The lowest BCUT2D eigenvalue weighted by atomic mass is 10.0. The van der Waals surface area contributed by atoms with Crippen molar-refractivity contribution in [1.82, 2.24) is 19.7 Å². The molecule has 2 aliphatic rings. The quantitative estimate of drug-likeness (QED) is 0.489. The third-order valence-electron chi connectivity index (χ3n) is 6.18. The number of fused-ring (bicyclic) bond motifs is 1. The Morgan fingerprint density at radius 2 is 1.88 bits per heavy atom. The van der Waals surface area contributed by atoms with Crippen molar-refractivity contribution in [2.75, 3.05) is 32.6 Å². The van der Waals surface area contributed by atoms with Crippen LogP contribution in [0.1, 0.15) is 36.7 Å². The Balaban J connectivity index is 1.29. The minimum Gasteiger partial charge on any atom is -0.497 e. The molecule has 1 saturated heterocycles. The Morgan fingerprint density at radius 3 is 2.68 bits per heavy atom. The summed E-state index contributed by atoms with van der Waals surface area (Å²) in [6.45, 7) is 3.97. The van der Waals surface area contributed by atoms with Crippen LogP contribution in [-0.2, 0) is 4.79 Å². The fourth-order valence-corrected chi connectivity index (χ4v) is 5.36. The van der Waals surface area contributed by atoms with E-state index in [1.807, 2.05) is 52.8 Å². The molecule has 5 rings (SSSR count). The minimum absolute atomic E-state index is 0.0476. The number of amides is 1. The number of aryl methyl sites for hydroxylation is 1. The average molecular weight is 481 g/mol. The Labute approximate surface area is 203 Å². The number of hydrogen-bond acceptors (Lipinski definition) is 7. The Bertz CT molecular complexity index is 1160. The summed E-state index contributed by atoms with van der Waals surface area (Å²) >= 11 is 1.41. The van der Waals surface area contributed by atoms with Gasteiger partial charge in [0.05, 0.1) is 32.1 Å². The van der Waals surface area contributed by atoms with Gasteiger partial charge in [-0.2, -0.15) is 0 Å². The molecule has 0 spiro atoms. The van der Waals surface area contributed by atoms with Crippen molar-refractivity contribution in [3.63, 3.8) is 0 Å². The highest BCUT2D eigenvalue weighted by atomic mass is 32.2. The molecule has 178 valence electrons. The van der Waals surface area contributed by atoms with Crippen LogP contribution < -0.4 is 14.2 Å². The number of likely N-dealkylation sites (tertiary alicyclic amines) is 1. The molecule has 8 nitrogen and oxygen atoms in total. The van der Waals surface area contributed by atoms with Gasteiger partial charge in [-0.3, -0.25) is 9.36 Å². The summed E-state index contributed by atoms with van der Waals surface area (Å²) in [5.74, 6) is 3.50. The molecule has 0 radical (unpaired) electrons. The Morgan fingerprint density at radius 1 is 1.09 bits per heavy atom. The molecular weight excluding hydrogens is 452 g/mol. The van der Waals surface area contributed by atoms with Gasteiger partial charge in [-0.15, -0.1) is 10.2 Å². The molecule has 34 heavy (non-hydrogen) atoms. The molecule has 0 saturated carbocycles. The van der Waals surface area contributed by atoms with E-state index in [0.29, 0.717) is 24.1 Å². The summed E-state index contributed by atoms with van der Waals surface area (Å²) in [6.07, 6.45) is 2.80. The number of ether oxygens (including phenoxy) is 3. The highest BCUT2D eigenvalue weighted by Gasteiger charge is 2.31. The topological polar surface area (TPSA) is 78.7 Å². The van der Waals surface area contributed by atoms with Crippen molar-refractivity contribution in [2.24, 2.45) is 0 Å². The van der Waals surface area contributed by atoms with Crippen molar-refractivity contribution >= 4 is 17.7 Å². The van der Waals surface area contributed by atoms with Gasteiger partial charge in [0.1, 0.15) is 11.6 Å². The van der Waals surface area contributed by atoms with E-state index in [9.17, 15) is 4.79 Å². The Hall–Kier alpha value is -3.20. The number of carbonyl (C=O) groups excluding carboxylic acids is 1. The van der Waals surface area contributed by atoms with E-state index in [1.54, 1.807) is 7.11 Å². The maximum absolute atomic E-state index is 13.3. The van der Waals surface area contributed by atoms with E-state index in [2.05, 4.69) is 16.3 Å². The summed E-state index contributed by atoms with van der Waals surface area (Å²) in [5.41, 5.74) is 2.03. The molecule has 1 amide bonds. The normalized spacial score (nSPS) is 17.5. The molecule has 0 bridgehead atoms. The van der Waals surface area contributed by atoms with Crippen LogP contribution in [0.5, 0.6) is 17.2 Å². The predicted octanol–water partition coefficient (Wildman–Crippen LogP) is 4.20. The first-order chi connectivity index (χ1) is 16.6. The third kappa shape index (κ3) is 4.57. The summed E-state index contributed by atoms with van der Waals surface area (Å²) in [7, 11) is 1.64. The van der Waals surface area contributed by atoms with Gasteiger partial charge in [-0.05, 0) is 61.7 Å². The van der Waals surface area contributed by atoms with Gasteiger partial charge >= 0.3 is 0 Å². The zero-order valence-corrected chi connectivity index (χ0v) is 20.2. The van der Waals surface area contributed by atoms with Gasteiger partial charge < -0.3 is 19.1 Å². The number of nitrogens with zero attached hydrogens (tertiary/aromatic N) is 4. The number of rotatable bonds is 6. The highest BCUT2D eigenvalue weighted by molar-refractivity contribution is 7.99. The highest BCUT2D eigenvalue weighted by Crippen LogP contribution is 2.38. The van der Waals surface area contributed by atoms with E-state index in [-0.39, 0.29) is 11.9 Å². The lowest BCUT2D eigenvalue weighted by Crippen LogP contribution is -2.32. The molecule has 2 aromatic carbocycles. The van der Waals surface area contributed by atoms with Crippen LogP contribution in [0.25, 0.3) is 5.69 Å². The standard InChI is InChI=1S/C25H28N4O4S/c1-17-26-27-25(29(17)19-7-9-20(31-2)10-8-19)34-16-24(30)28-12-3-5-21(28)18-6-11-22-23(15-18)33-14-4-13-32-22/h6-11,15,21H,3-5,12-14,16H2,1-2H3. The number of methoxy groups -OCH3 is 1. The first-order valence-corrected chi connectivity index (χ1v) is 12.5. The van der Waals surface area contributed by atoms with Crippen LogP contribution in [0.3, 0.4) is 0 Å². The first-order valence-electron chi connectivity index (χ1n) is 11.5. The molecule has 1 atom stereocenters. The zero-order chi connectivity index (χ0) is 23.5. The predicted molar refractivity (Wildman–Crippen MR) is 129 cm³/mol. The van der Waals surface area contributed by atoms with Crippen LogP contribution in [0.2, 0.25) is 0 Å². The molecule has 2 aliphatic heterocycles. The van der Waals surface area contributed by atoms with E-state index < -0.39 is 0 Å². The van der Waals surface area contributed by atoms with Crippen LogP contribution in [-0.4, -0.2) is 58.2 Å².